The van der Waals surface area contributed by atoms with Crippen molar-refractivity contribution in [3.05, 3.63) is 69.8 Å². The number of benzene rings is 2. The van der Waals surface area contributed by atoms with E-state index < -0.39 is 0 Å². The van der Waals surface area contributed by atoms with Gasteiger partial charge in [0.05, 0.1) is 17.7 Å². The minimum Gasteiger partial charge on any atom is -0.496 e. The van der Waals surface area contributed by atoms with E-state index >= 15 is 0 Å². The molecule has 0 aliphatic rings. The van der Waals surface area contributed by atoms with E-state index in [-0.39, 0.29) is 16.9 Å². The Balaban J connectivity index is 2.05. The maximum atomic E-state index is 13.7. The summed E-state index contributed by atoms with van der Waals surface area (Å²) in [5.41, 5.74) is 0.852. The second-order valence-electron chi connectivity index (χ2n) is 5.13. The van der Waals surface area contributed by atoms with Crippen LogP contribution < -0.4 is 10.3 Å². The molecular formula is C18H15FN2O2S. The highest BCUT2D eigenvalue weighted by atomic mass is 32.2. The van der Waals surface area contributed by atoms with Crippen LogP contribution >= 0.6 is 11.8 Å². The predicted octanol–water partition coefficient (Wildman–Crippen LogP) is 3.97. The number of halogens is 1. The van der Waals surface area contributed by atoms with Crippen molar-refractivity contribution in [2.45, 2.75) is 10.8 Å². The van der Waals surface area contributed by atoms with Crippen LogP contribution in [0.25, 0.3) is 10.8 Å². The van der Waals surface area contributed by atoms with Gasteiger partial charge in [-0.1, -0.05) is 24.3 Å². The quantitative estimate of drug-likeness (QED) is 0.545. The summed E-state index contributed by atoms with van der Waals surface area (Å²) in [5.74, 6) is 0.943. The first-order valence-corrected chi connectivity index (χ1v) is 8.23. The van der Waals surface area contributed by atoms with E-state index in [1.807, 2.05) is 24.3 Å². The van der Waals surface area contributed by atoms with Gasteiger partial charge in [0.25, 0.3) is 5.56 Å². The first kappa shape index (κ1) is 16.3. The number of fused-ring (bicyclic) bond motifs is 1. The number of aromatic amines is 1. The zero-order chi connectivity index (χ0) is 17.1. The van der Waals surface area contributed by atoms with Crippen molar-refractivity contribution in [1.29, 1.82) is 5.41 Å². The molecule has 2 N–H and O–H groups in total. The van der Waals surface area contributed by atoms with E-state index in [1.165, 1.54) is 30.0 Å². The molecule has 0 fully saturated rings. The molecule has 0 aliphatic heterocycles. The number of ether oxygens (including phenoxy) is 1. The topological polar surface area (TPSA) is 65.9 Å². The van der Waals surface area contributed by atoms with Crippen LogP contribution in [0.15, 0.2) is 52.3 Å². The van der Waals surface area contributed by atoms with Gasteiger partial charge >= 0.3 is 0 Å². The Morgan fingerprint density at radius 3 is 2.79 bits per heavy atom. The van der Waals surface area contributed by atoms with Crippen molar-refractivity contribution in [2.75, 3.05) is 7.11 Å². The number of hydrogen-bond donors (Lipinski definition) is 2. The summed E-state index contributed by atoms with van der Waals surface area (Å²) in [5, 5.41) is 9.15. The predicted molar refractivity (Wildman–Crippen MR) is 95.0 cm³/mol. The Bertz CT molecular complexity index is 969. The van der Waals surface area contributed by atoms with Crippen LogP contribution in [0.3, 0.4) is 0 Å². The monoisotopic (exact) mass is 342 g/mol. The van der Waals surface area contributed by atoms with Crippen molar-refractivity contribution >= 4 is 28.7 Å². The number of pyridine rings is 1. The van der Waals surface area contributed by atoms with Gasteiger partial charge in [0.15, 0.2) is 0 Å². The molecule has 122 valence electrons. The average Bonchev–Trinajstić information content (AvgIpc) is 2.60. The van der Waals surface area contributed by atoms with Crippen molar-refractivity contribution in [3.8, 4) is 5.75 Å². The number of aromatic nitrogens is 1. The highest BCUT2D eigenvalue weighted by Gasteiger charge is 2.12. The van der Waals surface area contributed by atoms with Crippen molar-refractivity contribution in [2.24, 2.45) is 0 Å². The first-order valence-electron chi connectivity index (χ1n) is 7.24. The van der Waals surface area contributed by atoms with Gasteiger partial charge < -0.3 is 15.1 Å². The average molecular weight is 342 g/mol. The number of H-pyrrole nitrogens is 1. The molecule has 24 heavy (non-hydrogen) atoms. The van der Waals surface area contributed by atoms with E-state index in [1.54, 1.807) is 7.11 Å². The van der Waals surface area contributed by atoms with Gasteiger partial charge in [-0.05, 0) is 23.6 Å². The molecular weight excluding hydrogens is 327 g/mol. The summed E-state index contributed by atoms with van der Waals surface area (Å²) in [4.78, 5) is 14.9. The molecule has 0 saturated carbocycles. The second-order valence-corrected chi connectivity index (χ2v) is 6.12. The number of para-hydroxylation sites is 1. The highest BCUT2D eigenvalue weighted by Crippen LogP contribution is 2.31. The summed E-state index contributed by atoms with van der Waals surface area (Å²) >= 11 is 1.40. The van der Waals surface area contributed by atoms with Crippen LogP contribution in [0.5, 0.6) is 5.75 Å². The Hall–Kier alpha value is -2.60. The fourth-order valence-electron chi connectivity index (χ4n) is 2.53. The molecule has 0 radical (unpaired) electrons. The van der Waals surface area contributed by atoms with Crippen LogP contribution in [0.1, 0.15) is 11.1 Å². The fraction of sp³-hybridized carbons (Fsp3) is 0.111. The standard InChI is InChI=1S/C18H15FN2O2S/c1-23-16-5-3-2-4-11(16)10-24-18-14-8-12(19)6-7-13(14)15(9-20)17(22)21-18/h2-9,20H,10H2,1H3,(H,21,22). The maximum Gasteiger partial charge on any atom is 0.258 e. The van der Waals surface area contributed by atoms with E-state index in [4.69, 9.17) is 10.1 Å². The lowest BCUT2D eigenvalue weighted by molar-refractivity contribution is 0.411. The largest absolute Gasteiger partial charge is 0.496 e. The maximum absolute atomic E-state index is 13.7. The Kier molecular flexibility index (Phi) is 4.66. The number of nitrogens with one attached hydrogen (secondary N) is 2. The molecule has 6 heteroatoms. The lowest BCUT2D eigenvalue weighted by Crippen LogP contribution is -2.13. The summed E-state index contributed by atoms with van der Waals surface area (Å²) in [6.45, 7) is 0. The third-order valence-corrected chi connectivity index (χ3v) is 4.76. The molecule has 4 nitrogen and oxygen atoms in total. The van der Waals surface area contributed by atoms with Crippen LogP contribution in [-0.4, -0.2) is 18.3 Å². The molecule has 0 aliphatic carbocycles. The first-order chi connectivity index (χ1) is 11.6. The van der Waals surface area contributed by atoms with Gasteiger partial charge in [-0.2, -0.15) is 0 Å². The third-order valence-electron chi connectivity index (χ3n) is 3.70. The number of thioether (sulfide) groups is 1. The van der Waals surface area contributed by atoms with Gasteiger partial charge in [-0.15, -0.1) is 11.8 Å². The minimum absolute atomic E-state index is 0.228. The van der Waals surface area contributed by atoms with Crippen molar-refractivity contribution < 1.29 is 9.13 Å². The van der Waals surface area contributed by atoms with Gasteiger partial charge in [0.2, 0.25) is 0 Å². The van der Waals surface area contributed by atoms with Crippen LogP contribution in [0, 0.1) is 11.2 Å². The summed E-state index contributed by atoms with van der Waals surface area (Å²) in [6, 6.07) is 11.8. The van der Waals surface area contributed by atoms with Gasteiger partial charge in [0.1, 0.15) is 11.6 Å². The lowest BCUT2D eigenvalue weighted by Gasteiger charge is -2.10. The molecule has 1 aromatic heterocycles. The molecule has 3 aromatic rings. The normalized spacial score (nSPS) is 10.8. The van der Waals surface area contributed by atoms with Crippen molar-refractivity contribution in [3.63, 3.8) is 0 Å². The smallest absolute Gasteiger partial charge is 0.258 e. The summed E-state index contributed by atoms with van der Waals surface area (Å²) < 4.78 is 19.0. The van der Waals surface area contributed by atoms with E-state index in [0.29, 0.717) is 21.6 Å². The summed E-state index contributed by atoms with van der Waals surface area (Å²) in [7, 11) is 1.61. The molecule has 2 aromatic carbocycles. The minimum atomic E-state index is -0.385. The fourth-order valence-corrected chi connectivity index (χ4v) is 3.56. The SMILES string of the molecule is COc1ccccc1CSc1[nH]c(=O)c(C=N)c2ccc(F)cc12. The molecule has 3 rings (SSSR count). The molecule has 0 spiro atoms. The zero-order valence-electron chi connectivity index (χ0n) is 12.9. The summed E-state index contributed by atoms with van der Waals surface area (Å²) in [6.07, 6.45) is 0.994. The number of hydrogen-bond acceptors (Lipinski definition) is 4. The molecule has 0 bridgehead atoms. The van der Waals surface area contributed by atoms with Crippen LogP contribution in [0.4, 0.5) is 4.39 Å². The highest BCUT2D eigenvalue weighted by molar-refractivity contribution is 7.98. The molecule has 1 heterocycles. The zero-order valence-corrected chi connectivity index (χ0v) is 13.7. The molecule has 0 unspecified atom stereocenters. The number of rotatable bonds is 5. The van der Waals surface area contributed by atoms with Crippen LogP contribution in [0.2, 0.25) is 0 Å². The third kappa shape index (κ3) is 3.05. The lowest BCUT2D eigenvalue weighted by atomic mass is 10.1. The van der Waals surface area contributed by atoms with E-state index in [2.05, 4.69) is 4.98 Å². The van der Waals surface area contributed by atoms with E-state index in [0.717, 1.165) is 17.5 Å². The van der Waals surface area contributed by atoms with Gasteiger partial charge in [-0.3, -0.25) is 4.79 Å². The Labute approximate surface area is 142 Å². The Morgan fingerprint density at radius 2 is 2.04 bits per heavy atom. The van der Waals surface area contributed by atoms with Crippen LogP contribution in [-0.2, 0) is 5.75 Å². The molecule has 0 atom stereocenters. The van der Waals surface area contributed by atoms with E-state index in [9.17, 15) is 9.18 Å². The van der Waals surface area contributed by atoms with Crippen molar-refractivity contribution in [1.82, 2.24) is 4.98 Å². The Morgan fingerprint density at radius 1 is 1.25 bits per heavy atom. The second kappa shape index (κ2) is 6.88. The molecule has 0 amide bonds. The van der Waals surface area contributed by atoms with Gasteiger partial charge in [-0.25, -0.2) is 4.39 Å². The molecule has 0 saturated heterocycles. The van der Waals surface area contributed by atoms with Gasteiger partial charge in [0, 0.05) is 22.9 Å². The number of methoxy groups -OCH3 is 1.